The molecule has 0 aliphatic rings. The number of benzene rings is 1. The van der Waals surface area contributed by atoms with Gasteiger partial charge in [-0.3, -0.25) is 4.79 Å². The van der Waals surface area contributed by atoms with Crippen LogP contribution in [0.4, 0.5) is 5.69 Å². The number of anilines is 1. The summed E-state index contributed by atoms with van der Waals surface area (Å²) in [5, 5.41) is 3.26. The largest absolute Gasteiger partial charge is 0.315 e. The number of rotatable bonds is 5. The molecule has 100 valence electrons. The maximum absolute atomic E-state index is 12.2. The zero-order valence-corrected chi connectivity index (χ0v) is 12.1. The van der Waals surface area contributed by atoms with E-state index in [1.165, 1.54) is 5.56 Å². The second-order valence-electron chi connectivity index (χ2n) is 4.91. The predicted molar refractivity (Wildman–Crippen MR) is 77.1 cm³/mol. The van der Waals surface area contributed by atoms with Gasteiger partial charge >= 0.3 is 0 Å². The number of hydrogen-bond acceptors (Lipinski definition) is 2. The first-order valence-electron chi connectivity index (χ1n) is 6.53. The molecule has 0 saturated heterocycles. The normalized spacial score (nSPS) is 12.3. The fraction of sp³-hybridized carbons (Fsp3) is 0.533. The summed E-state index contributed by atoms with van der Waals surface area (Å²) in [4.78, 5) is 13.9. The van der Waals surface area contributed by atoms with Crippen LogP contribution in [0, 0.1) is 13.8 Å². The standard InChI is InChI=1S/C15H24N2O/c1-6-16-13(4)10-15(18)17(5)14-8-7-11(2)9-12(14)3/h7-9,13,16H,6,10H2,1-5H3. The van der Waals surface area contributed by atoms with E-state index in [0.29, 0.717) is 6.42 Å². The van der Waals surface area contributed by atoms with Crippen molar-refractivity contribution in [1.29, 1.82) is 0 Å². The fourth-order valence-electron chi connectivity index (χ4n) is 2.14. The molecule has 3 nitrogen and oxygen atoms in total. The SMILES string of the molecule is CCNC(C)CC(=O)N(C)c1ccc(C)cc1C. The summed E-state index contributed by atoms with van der Waals surface area (Å²) in [5.41, 5.74) is 3.36. The highest BCUT2D eigenvalue weighted by Gasteiger charge is 2.15. The van der Waals surface area contributed by atoms with Gasteiger partial charge in [-0.05, 0) is 38.9 Å². The van der Waals surface area contributed by atoms with Crippen molar-refractivity contribution in [2.24, 2.45) is 0 Å². The summed E-state index contributed by atoms with van der Waals surface area (Å²) >= 11 is 0. The van der Waals surface area contributed by atoms with Crippen molar-refractivity contribution in [2.75, 3.05) is 18.5 Å². The topological polar surface area (TPSA) is 32.3 Å². The lowest BCUT2D eigenvalue weighted by Crippen LogP contribution is -2.35. The Bertz CT molecular complexity index is 415. The van der Waals surface area contributed by atoms with Gasteiger partial charge in [-0.2, -0.15) is 0 Å². The first-order valence-corrected chi connectivity index (χ1v) is 6.53. The van der Waals surface area contributed by atoms with Crippen molar-refractivity contribution < 1.29 is 4.79 Å². The van der Waals surface area contributed by atoms with Gasteiger partial charge in [-0.1, -0.05) is 24.6 Å². The molecular weight excluding hydrogens is 224 g/mol. The van der Waals surface area contributed by atoms with Gasteiger partial charge in [-0.15, -0.1) is 0 Å². The maximum atomic E-state index is 12.2. The molecule has 1 aromatic carbocycles. The van der Waals surface area contributed by atoms with Crippen molar-refractivity contribution >= 4 is 11.6 Å². The molecule has 0 saturated carbocycles. The Balaban J connectivity index is 2.74. The fourth-order valence-corrected chi connectivity index (χ4v) is 2.14. The van der Waals surface area contributed by atoms with Crippen molar-refractivity contribution in [1.82, 2.24) is 5.32 Å². The second kappa shape index (κ2) is 6.55. The number of carbonyl (C=O) groups excluding carboxylic acids is 1. The van der Waals surface area contributed by atoms with Gasteiger partial charge < -0.3 is 10.2 Å². The Morgan fingerprint density at radius 3 is 2.61 bits per heavy atom. The van der Waals surface area contributed by atoms with E-state index in [2.05, 4.69) is 25.2 Å². The minimum Gasteiger partial charge on any atom is -0.315 e. The van der Waals surface area contributed by atoms with Crippen LogP contribution in [0.15, 0.2) is 18.2 Å². The number of amides is 1. The molecule has 1 rings (SSSR count). The van der Waals surface area contributed by atoms with Crippen LogP contribution in [-0.4, -0.2) is 25.5 Å². The van der Waals surface area contributed by atoms with E-state index in [1.807, 2.05) is 33.0 Å². The highest BCUT2D eigenvalue weighted by Crippen LogP contribution is 2.20. The Morgan fingerprint density at radius 2 is 2.06 bits per heavy atom. The molecule has 1 aromatic rings. The average Bonchev–Trinajstić information content (AvgIpc) is 2.28. The van der Waals surface area contributed by atoms with Crippen molar-refractivity contribution in [2.45, 2.75) is 40.2 Å². The number of hydrogen-bond donors (Lipinski definition) is 1. The molecule has 0 aromatic heterocycles. The van der Waals surface area contributed by atoms with E-state index in [9.17, 15) is 4.79 Å². The van der Waals surface area contributed by atoms with E-state index >= 15 is 0 Å². The van der Waals surface area contributed by atoms with Crippen molar-refractivity contribution in [3.05, 3.63) is 29.3 Å². The first kappa shape index (κ1) is 14.7. The lowest BCUT2D eigenvalue weighted by atomic mass is 10.1. The van der Waals surface area contributed by atoms with Gasteiger partial charge in [0.15, 0.2) is 0 Å². The molecule has 0 aliphatic carbocycles. The molecule has 0 radical (unpaired) electrons. The third-order valence-electron chi connectivity index (χ3n) is 3.12. The van der Waals surface area contributed by atoms with Crippen LogP contribution >= 0.6 is 0 Å². The van der Waals surface area contributed by atoms with Crippen LogP contribution in [0.2, 0.25) is 0 Å². The maximum Gasteiger partial charge on any atom is 0.228 e. The average molecular weight is 248 g/mol. The first-order chi connectivity index (χ1) is 8.45. The molecule has 1 atom stereocenters. The highest BCUT2D eigenvalue weighted by atomic mass is 16.2. The van der Waals surface area contributed by atoms with E-state index in [-0.39, 0.29) is 11.9 Å². The van der Waals surface area contributed by atoms with E-state index in [0.717, 1.165) is 17.8 Å². The molecule has 0 bridgehead atoms. The van der Waals surface area contributed by atoms with Gasteiger partial charge in [0.25, 0.3) is 0 Å². The molecule has 1 N–H and O–H groups in total. The zero-order valence-electron chi connectivity index (χ0n) is 12.1. The molecule has 0 aliphatic heterocycles. The summed E-state index contributed by atoms with van der Waals surface area (Å²) in [6, 6.07) is 6.38. The molecule has 0 spiro atoms. The third kappa shape index (κ3) is 3.84. The summed E-state index contributed by atoms with van der Waals surface area (Å²) in [5.74, 6) is 0.149. The van der Waals surface area contributed by atoms with E-state index in [4.69, 9.17) is 0 Å². The predicted octanol–water partition coefficient (Wildman–Crippen LogP) is 2.65. The molecule has 1 amide bonds. The molecule has 0 fully saturated rings. The minimum absolute atomic E-state index is 0.149. The number of carbonyl (C=O) groups is 1. The quantitative estimate of drug-likeness (QED) is 0.869. The lowest BCUT2D eigenvalue weighted by molar-refractivity contribution is -0.118. The van der Waals surface area contributed by atoms with Gasteiger partial charge in [0.05, 0.1) is 0 Å². The van der Waals surface area contributed by atoms with Crippen LogP contribution in [-0.2, 0) is 4.79 Å². The molecule has 3 heteroatoms. The van der Waals surface area contributed by atoms with Crippen LogP contribution < -0.4 is 10.2 Å². The smallest absolute Gasteiger partial charge is 0.228 e. The number of aryl methyl sites for hydroxylation is 2. The van der Waals surface area contributed by atoms with E-state index < -0.39 is 0 Å². The van der Waals surface area contributed by atoms with Crippen molar-refractivity contribution in [3.63, 3.8) is 0 Å². The minimum atomic E-state index is 0.149. The Labute approximate surface area is 110 Å². The highest BCUT2D eigenvalue weighted by molar-refractivity contribution is 5.93. The Morgan fingerprint density at radius 1 is 1.39 bits per heavy atom. The van der Waals surface area contributed by atoms with E-state index in [1.54, 1.807) is 4.90 Å². The van der Waals surface area contributed by atoms with Crippen molar-refractivity contribution in [3.8, 4) is 0 Å². The van der Waals surface area contributed by atoms with Crippen LogP contribution in [0.1, 0.15) is 31.4 Å². The van der Waals surface area contributed by atoms with Crippen LogP contribution in [0.5, 0.6) is 0 Å². The molecule has 1 unspecified atom stereocenters. The van der Waals surface area contributed by atoms with Gasteiger partial charge in [-0.25, -0.2) is 0 Å². The monoisotopic (exact) mass is 248 g/mol. The Hall–Kier alpha value is -1.35. The Kier molecular flexibility index (Phi) is 5.35. The van der Waals surface area contributed by atoms with Gasteiger partial charge in [0, 0.05) is 25.2 Å². The molecular formula is C15H24N2O. The zero-order chi connectivity index (χ0) is 13.7. The molecule has 0 heterocycles. The van der Waals surface area contributed by atoms with Gasteiger partial charge in [0.1, 0.15) is 0 Å². The lowest BCUT2D eigenvalue weighted by Gasteiger charge is -2.22. The summed E-state index contributed by atoms with van der Waals surface area (Å²) in [6.07, 6.45) is 0.525. The third-order valence-corrected chi connectivity index (χ3v) is 3.12. The summed E-state index contributed by atoms with van der Waals surface area (Å²) in [7, 11) is 1.85. The number of nitrogens with zero attached hydrogens (tertiary/aromatic N) is 1. The van der Waals surface area contributed by atoms with Gasteiger partial charge in [0.2, 0.25) is 5.91 Å². The van der Waals surface area contributed by atoms with Crippen LogP contribution in [0.3, 0.4) is 0 Å². The number of nitrogens with one attached hydrogen (secondary N) is 1. The summed E-state index contributed by atoms with van der Waals surface area (Å²) in [6.45, 7) is 9.08. The molecule has 18 heavy (non-hydrogen) atoms. The second-order valence-corrected chi connectivity index (χ2v) is 4.91. The summed E-state index contributed by atoms with van der Waals surface area (Å²) < 4.78 is 0. The van der Waals surface area contributed by atoms with Crippen LogP contribution in [0.25, 0.3) is 0 Å².